The highest BCUT2D eigenvalue weighted by molar-refractivity contribution is 7.80. The molecule has 0 radical (unpaired) electrons. The van der Waals surface area contributed by atoms with Gasteiger partial charge in [-0.1, -0.05) is 18.2 Å². The van der Waals surface area contributed by atoms with Gasteiger partial charge >= 0.3 is 0 Å². The largest absolute Gasteiger partial charge is 0.508 e. The third-order valence-corrected chi connectivity index (χ3v) is 1.77. The number of nitrogens with one attached hydrogen (secondary N) is 2. The minimum Gasteiger partial charge on any atom is -0.508 e. The van der Waals surface area contributed by atoms with Crippen LogP contribution in [0.4, 0.5) is 0 Å². The van der Waals surface area contributed by atoms with Crippen LogP contribution < -0.4 is 16.6 Å². The maximum Gasteiger partial charge on any atom is 0.242 e. The van der Waals surface area contributed by atoms with Crippen molar-refractivity contribution in [3.8, 4) is 5.75 Å². The Morgan fingerprint density at radius 1 is 1.40 bits per heavy atom. The van der Waals surface area contributed by atoms with Gasteiger partial charge in [0.05, 0.1) is 6.42 Å². The number of carbonyl (C=O) groups excluding carboxylic acids is 1. The average molecular weight is 225 g/mol. The van der Waals surface area contributed by atoms with E-state index in [4.69, 9.17) is 5.73 Å². The van der Waals surface area contributed by atoms with E-state index in [-0.39, 0.29) is 23.2 Å². The summed E-state index contributed by atoms with van der Waals surface area (Å²) in [5.74, 6) is -0.243. The van der Waals surface area contributed by atoms with Crippen molar-refractivity contribution >= 4 is 23.2 Å². The summed E-state index contributed by atoms with van der Waals surface area (Å²) < 4.78 is 0. The fourth-order valence-electron chi connectivity index (χ4n) is 1.01. The summed E-state index contributed by atoms with van der Waals surface area (Å²) in [4.78, 5) is 11.3. The predicted molar refractivity (Wildman–Crippen MR) is 59.9 cm³/mol. The van der Waals surface area contributed by atoms with E-state index in [1.165, 1.54) is 6.07 Å². The number of phenolic OH excluding ortho intramolecular Hbond substituents is 1. The van der Waals surface area contributed by atoms with Gasteiger partial charge in [-0.3, -0.25) is 15.6 Å². The van der Waals surface area contributed by atoms with Crippen LogP contribution in [-0.4, -0.2) is 16.1 Å². The molecule has 0 aliphatic heterocycles. The molecule has 6 heteroatoms. The molecular formula is C9H11N3O2S. The maximum atomic E-state index is 11.3. The number of para-hydroxylation sites is 1. The molecule has 80 valence electrons. The van der Waals surface area contributed by atoms with Gasteiger partial charge in [-0.2, -0.15) is 0 Å². The summed E-state index contributed by atoms with van der Waals surface area (Å²) in [5.41, 5.74) is 10.3. The Kier molecular flexibility index (Phi) is 3.87. The highest BCUT2D eigenvalue weighted by atomic mass is 32.1. The summed E-state index contributed by atoms with van der Waals surface area (Å²) >= 11 is 4.51. The number of hydrazine groups is 1. The number of amides is 1. The standard InChI is InChI=1S/C9H11N3O2S/c10-9(15)12-11-8(14)5-6-3-1-2-4-7(6)13/h1-4,13H,5H2,(H,11,14)(H3,10,12,15). The molecule has 0 spiro atoms. The lowest BCUT2D eigenvalue weighted by Gasteiger charge is -2.07. The van der Waals surface area contributed by atoms with Crippen LogP contribution in [0.2, 0.25) is 0 Å². The van der Waals surface area contributed by atoms with E-state index < -0.39 is 0 Å². The van der Waals surface area contributed by atoms with E-state index in [0.717, 1.165) is 0 Å². The Labute approximate surface area is 92.3 Å². The summed E-state index contributed by atoms with van der Waals surface area (Å²) in [6, 6.07) is 6.60. The molecule has 0 unspecified atom stereocenters. The summed E-state index contributed by atoms with van der Waals surface area (Å²) in [6.07, 6.45) is 0.0578. The summed E-state index contributed by atoms with van der Waals surface area (Å²) in [7, 11) is 0. The Morgan fingerprint density at radius 3 is 2.67 bits per heavy atom. The Bertz CT molecular complexity index is 381. The van der Waals surface area contributed by atoms with Crippen LogP contribution >= 0.6 is 12.2 Å². The average Bonchev–Trinajstić information content (AvgIpc) is 2.18. The quantitative estimate of drug-likeness (QED) is 0.413. The van der Waals surface area contributed by atoms with E-state index in [9.17, 15) is 9.90 Å². The van der Waals surface area contributed by atoms with Crippen molar-refractivity contribution < 1.29 is 9.90 Å². The Hall–Kier alpha value is -1.82. The fourth-order valence-corrected chi connectivity index (χ4v) is 1.06. The lowest BCUT2D eigenvalue weighted by molar-refractivity contribution is -0.121. The molecule has 0 saturated carbocycles. The number of benzene rings is 1. The minimum atomic E-state index is -0.329. The zero-order chi connectivity index (χ0) is 11.3. The van der Waals surface area contributed by atoms with E-state index in [0.29, 0.717) is 5.56 Å². The molecule has 0 bridgehead atoms. The molecule has 0 aromatic heterocycles. The van der Waals surface area contributed by atoms with Crippen LogP contribution in [0, 0.1) is 0 Å². The zero-order valence-corrected chi connectivity index (χ0v) is 8.67. The third kappa shape index (κ3) is 3.82. The first-order valence-electron chi connectivity index (χ1n) is 4.20. The number of hydrogen-bond donors (Lipinski definition) is 4. The van der Waals surface area contributed by atoms with Gasteiger partial charge in [0.2, 0.25) is 5.91 Å². The van der Waals surface area contributed by atoms with Gasteiger partial charge < -0.3 is 10.8 Å². The van der Waals surface area contributed by atoms with Gasteiger partial charge in [-0.05, 0) is 18.3 Å². The number of carbonyl (C=O) groups is 1. The lowest BCUT2D eigenvalue weighted by atomic mass is 10.1. The number of nitrogens with two attached hydrogens (primary N) is 1. The Balaban J connectivity index is 2.52. The van der Waals surface area contributed by atoms with Gasteiger partial charge in [-0.25, -0.2) is 0 Å². The summed E-state index contributed by atoms with van der Waals surface area (Å²) in [5, 5.41) is 9.37. The first kappa shape index (κ1) is 11.3. The van der Waals surface area contributed by atoms with E-state index in [1.54, 1.807) is 18.2 Å². The fraction of sp³-hybridized carbons (Fsp3) is 0.111. The van der Waals surface area contributed by atoms with Gasteiger partial charge in [-0.15, -0.1) is 0 Å². The molecule has 5 N–H and O–H groups in total. The monoisotopic (exact) mass is 225 g/mol. The molecule has 0 fully saturated rings. The Morgan fingerprint density at radius 2 is 2.07 bits per heavy atom. The molecule has 1 aromatic carbocycles. The van der Waals surface area contributed by atoms with E-state index in [1.807, 2.05) is 0 Å². The first-order valence-corrected chi connectivity index (χ1v) is 4.61. The van der Waals surface area contributed by atoms with Crippen LogP contribution in [0.25, 0.3) is 0 Å². The molecule has 1 rings (SSSR count). The molecule has 0 saturated heterocycles. The second-order valence-corrected chi connectivity index (χ2v) is 3.28. The van der Waals surface area contributed by atoms with Crippen molar-refractivity contribution in [1.29, 1.82) is 0 Å². The minimum absolute atomic E-state index is 0.0133. The van der Waals surface area contributed by atoms with Gasteiger partial charge in [0.25, 0.3) is 0 Å². The van der Waals surface area contributed by atoms with Gasteiger partial charge in [0.1, 0.15) is 5.75 Å². The molecule has 1 amide bonds. The lowest BCUT2D eigenvalue weighted by Crippen LogP contribution is -2.44. The number of thiocarbonyl (C=S) groups is 1. The molecule has 0 aliphatic rings. The van der Waals surface area contributed by atoms with Crippen LogP contribution in [0.5, 0.6) is 5.75 Å². The first-order chi connectivity index (χ1) is 7.09. The topological polar surface area (TPSA) is 87.4 Å². The zero-order valence-electron chi connectivity index (χ0n) is 7.86. The van der Waals surface area contributed by atoms with Crippen LogP contribution in [0.1, 0.15) is 5.56 Å². The molecule has 0 atom stereocenters. The van der Waals surface area contributed by atoms with Gasteiger partial charge in [0, 0.05) is 5.56 Å². The van der Waals surface area contributed by atoms with E-state index >= 15 is 0 Å². The van der Waals surface area contributed by atoms with Crippen molar-refractivity contribution in [3.63, 3.8) is 0 Å². The normalized spacial score (nSPS) is 9.33. The molecule has 0 aliphatic carbocycles. The maximum absolute atomic E-state index is 11.3. The highest BCUT2D eigenvalue weighted by Crippen LogP contribution is 2.15. The number of hydrogen-bond acceptors (Lipinski definition) is 3. The van der Waals surface area contributed by atoms with Crippen LogP contribution in [0.15, 0.2) is 24.3 Å². The SMILES string of the molecule is NC(=S)NNC(=O)Cc1ccccc1O. The molecule has 5 nitrogen and oxygen atoms in total. The van der Waals surface area contributed by atoms with E-state index in [2.05, 4.69) is 23.1 Å². The summed E-state index contributed by atoms with van der Waals surface area (Å²) in [6.45, 7) is 0. The van der Waals surface area contributed by atoms with Crippen molar-refractivity contribution in [1.82, 2.24) is 10.9 Å². The van der Waals surface area contributed by atoms with Crippen LogP contribution in [0.3, 0.4) is 0 Å². The number of phenols is 1. The van der Waals surface area contributed by atoms with Crippen LogP contribution in [-0.2, 0) is 11.2 Å². The predicted octanol–water partition coefficient (Wildman–Crippen LogP) is -0.201. The highest BCUT2D eigenvalue weighted by Gasteiger charge is 2.06. The molecular weight excluding hydrogens is 214 g/mol. The number of aromatic hydroxyl groups is 1. The van der Waals surface area contributed by atoms with Crippen molar-refractivity contribution in [3.05, 3.63) is 29.8 Å². The second kappa shape index (κ2) is 5.16. The van der Waals surface area contributed by atoms with Crippen molar-refractivity contribution in [2.45, 2.75) is 6.42 Å². The van der Waals surface area contributed by atoms with Crippen molar-refractivity contribution in [2.75, 3.05) is 0 Å². The third-order valence-electron chi connectivity index (χ3n) is 1.67. The van der Waals surface area contributed by atoms with Crippen molar-refractivity contribution in [2.24, 2.45) is 5.73 Å². The smallest absolute Gasteiger partial charge is 0.242 e. The molecule has 1 aromatic rings. The molecule has 15 heavy (non-hydrogen) atoms. The molecule has 0 heterocycles. The second-order valence-electron chi connectivity index (χ2n) is 2.84. The van der Waals surface area contributed by atoms with Gasteiger partial charge in [0.15, 0.2) is 5.11 Å². The number of rotatable bonds is 2.